The normalized spacial score (nSPS) is 29.7. The lowest BCUT2D eigenvalue weighted by atomic mass is 9.71. The van der Waals surface area contributed by atoms with Crippen LogP contribution in [0.25, 0.3) is 0 Å². The minimum atomic E-state index is 0.0897. The Morgan fingerprint density at radius 2 is 1.86 bits per heavy atom. The largest absolute Gasteiger partial charge is 0.379 e. The second-order valence-electron chi connectivity index (χ2n) is 7.37. The van der Waals surface area contributed by atoms with E-state index in [4.69, 9.17) is 10.5 Å². The topological polar surface area (TPSA) is 58.8 Å². The average molecular weight is 309 g/mol. The molecular weight excluding hydrogens is 278 g/mol. The lowest BCUT2D eigenvalue weighted by Gasteiger charge is -2.37. The fraction of sp³-hybridized carbons (Fsp3) is 0.941. The predicted octanol–water partition coefficient (Wildman–Crippen LogP) is 1.22. The van der Waals surface area contributed by atoms with E-state index in [0.717, 1.165) is 58.7 Å². The third-order valence-electron chi connectivity index (χ3n) is 5.95. The molecule has 0 aromatic heterocycles. The van der Waals surface area contributed by atoms with E-state index in [-0.39, 0.29) is 5.41 Å². The van der Waals surface area contributed by atoms with Crippen molar-refractivity contribution in [1.82, 2.24) is 9.80 Å². The minimum Gasteiger partial charge on any atom is -0.379 e. The molecule has 126 valence electrons. The van der Waals surface area contributed by atoms with Gasteiger partial charge in [-0.1, -0.05) is 19.3 Å². The van der Waals surface area contributed by atoms with Gasteiger partial charge < -0.3 is 15.4 Å². The summed E-state index contributed by atoms with van der Waals surface area (Å²) in [5.74, 6) is 0.336. The molecule has 3 fully saturated rings. The second kappa shape index (κ2) is 7.28. The summed E-state index contributed by atoms with van der Waals surface area (Å²) in [5.41, 5.74) is 6.13. The molecular formula is C17H31N3O2. The molecule has 2 saturated heterocycles. The van der Waals surface area contributed by atoms with Crippen LogP contribution < -0.4 is 5.73 Å². The molecule has 5 heteroatoms. The number of likely N-dealkylation sites (tertiary alicyclic amines) is 1. The van der Waals surface area contributed by atoms with Crippen LogP contribution in [0, 0.1) is 5.41 Å². The molecule has 2 aliphatic heterocycles. The molecule has 0 radical (unpaired) electrons. The molecule has 0 bridgehead atoms. The number of nitrogens with two attached hydrogens (primary N) is 1. The van der Waals surface area contributed by atoms with Crippen LogP contribution in [0.5, 0.6) is 0 Å². The molecule has 0 aromatic carbocycles. The third kappa shape index (κ3) is 3.63. The van der Waals surface area contributed by atoms with Crippen molar-refractivity contribution in [3.63, 3.8) is 0 Å². The standard InChI is InChI=1S/C17H31N3O2/c18-14-17(5-2-1-3-6-17)12-16(21)20-7-4-15(13-20)19-8-10-22-11-9-19/h15H,1-14,18H2. The quantitative estimate of drug-likeness (QED) is 0.848. The number of carbonyl (C=O) groups is 1. The summed E-state index contributed by atoms with van der Waals surface area (Å²) in [5, 5.41) is 0. The summed E-state index contributed by atoms with van der Waals surface area (Å²) < 4.78 is 5.43. The van der Waals surface area contributed by atoms with Gasteiger partial charge in [-0.15, -0.1) is 0 Å². The van der Waals surface area contributed by atoms with Crippen LogP contribution in [-0.2, 0) is 9.53 Å². The van der Waals surface area contributed by atoms with Crippen LogP contribution in [0.2, 0.25) is 0 Å². The summed E-state index contributed by atoms with van der Waals surface area (Å²) in [4.78, 5) is 17.3. The van der Waals surface area contributed by atoms with Crippen molar-refractivity contribution in [2.75, 3.05) is 45.9 Å². The summed E-state index contributed by atoms with van der Waals surface area (Å²) in [6.07, 6.45) is 7.83. The maximum absolute atomic E-state index is 12.7. The first-order valence-corrected chi connectivity index (χ1v) is 9.02. The fourth-order valence-corrected chi connectivity index (χ4v) is 4.40. The molecule has 3 rings (SSSR count). The monoisotopic (exact) mass is 309 g/mol. The Bertz CT molecular complexity index is 376. The number of nitrogens with zero attached hydrogens (tertiary/aromatic N) is 2. The Morgan fingerprint density at radius 3 is 2.55 bits per heavy atom. The van der Waals surface area contributed by atoms with Gasteiger partial charge in [0.15, 0.2) is 0 Å². The van der Waals surface area contributed by atoms with Crippen LogP contribution in [0.4, 0.5) is 0 Å². The molecule has 1 atom stereocenters. The fourth-order valence-electron chi connectivity index (χ4n) is 4.40. The van der Waals surface area contributed by atoms with Crippen LogP contribution in [-0.4, -0.2) is 67.7 Å². The highest BCUT2D eigenvalue weighted by Crippen LogP contribution is 2.39. The van der Waals surface area contributed by atoms with Gasteiger partial charge in [-0.2, -0.15) is 0 Å². The van der Waals surface area contributed by atoms with Gasteiger partial charge in [0.2, 0.25) is 5.91 Å². The van der Waals surface area contributed by atoms with E-state index in [1.54, 1.807) is 0 Å². The maximum Gasteiger partial charge on any atom is 0.223 e. The van der Waals surface area contributed by atoms with Crippen molar-refractivity contribution in [3.8, 4) is 0 Å². The van der Waals surface area contributed by atoms with E-state index < -0.39 is 0 Å². The summed E-state index contributed by atoms with van der Waals surface area (Å²) >= 11 is 0. The van der Waals surface area contributed by atoms with Gasteiger partial charge >= 0.3 is 0 Å². The molecule has 3 aliphatic rings. The van der Waals surface area contributed by atoms with Gasteiger partial charge in [-0.25, -0.2) is 0 Å². The van der Waals surface area contributed by atoms with Crippen molar-refractivity contribution in [3.05, 3.63) is 0 Å². The Kier molecular flexibility index (Phi) is 5.37. The van der Waals surface area contributed by atoms with Gasteiger partial charge in [0.25, 0.3) is 0 Å². The van der Waals surface area contributed by atoms with E-state index >= 15 is 0 Å². The number of carbonyl (C=O) groups excluding carboxylic acids is 1. The van der Waals surface area contributed by atoms with E-state index in [1.807, 2.05) is 0 Å². The number of hydrogen-bond acceptors (Lipinski definition) is 4. The van der Waals surface area contributed by atoms with Gasteiger partial charge in [0.1, 0.15) is 0 Å². The zero-order valence-corrected chi connectivity index (χ0v) is 13.8. The first-order valence-electron chi connectivity index (χ1n) is 9.02. The molecule has 1 saturated carbocycles. The van der Waals surface area contributed by atoms with E-state index in [2.05, 4.69) is 9.80 Å². The van der Waals surface area contributed by atoms with E-state index in [1.165, 1.54) is 19.3 Å². The smallest absolute Gasteiger partial charge is 0.223 e. The Balaban J connectivity index is 1.52. The molecule has 0 spiro atoms. The lowest BCUT2D eigenvalue weighted by molar-refractivity contribution is -0.133. The second-order valence-corrected chi connectivity index (χ2v) is 7.37. The van der Waals surface area contributed by atoms with Gasteiger partial charge in [-0.3, -0.25) is 9.69 Å². The average Bonchev–Trinajstić information content (AvgIpc) is 3.07. The highest BCUT2D eigenvalue weighted by Gasteiger charge is 2.37. The Hall–Kier alpha value is -0.650. The number of ether oxygens (including phenoxy) is 1. The molecule has 0 aromatic rings. The van der Waals surface area contributed by atoms with Crippen molar-refractivity contribution < 1.29 is 9.53 Å². The lowest BCUT2D eigenvalue weighted by Crippen LogP contribution is -2.45. The van der Waals surface area contributed by atoms with Crippen LogP contribution in [0.1, 0.15) is 44.9 Å². The third-order valence-corrected chi connectivity index (χ3v) is 5.95. The van der Waals surface area contributed by atoms with Gasteiger partial charge in [0, 0.05) is 38.6 Å². The highest BCUT2D eigenvalue weighted by molar-refractivity contribution is 5.77. The number of amides is 1. The van der Waals surface area contributed by atoms with E-state index in [9.17, 15) is 4.79 Å². The molecule has 5 nitrogen and oxygen atoms in total. The zero-order chi connectivity index (χ0) is 15.4. The van der Waals surface area contributed by atoms with E-state index in [0.29, 0.717) is 24.9 Å². The minimum absolute atomic E-state index is 0.0897. The van der Waals surface area contributed by atoms with Crippen molar-refractivity contribution >= 4 is 5.91 Å². The van der Waals surface area contributed by atoms with Crippen molar-refractivity contribution in [2.24, 2.45) is 11.1 Å². The Labute approximate surface area is 134 Å². The summed E-state index contributed by atoms with van der Waals surface area (Å²) in [7, 11) is 0. The maximum atomic E-state index is 12.7. The number of rotatable bonds is 4. The van der Waals surface area contributed by atoms with Crippen molar-refractivity contribution in [2.45, 2.75) is 51.0 Å². The molecule has 1 aliphatic carbocycles. The molecule has 2 N–H and O–H groups in total. The number of morpholine rings is 1. The van der Waals surface area contributed by atoms with Crippen LogP contribution in [0.15, 0.2) is 0 Å². The molecule has 22 heavy (non-hydrogen) atoms. The zero-order valence-electron chi connectivity index (χ0n) is 13.8. The van der Waals surface area contributed by atoms with Gasteiger partial charge in [-0.05, 0) is 31.2 Å². The van der Waals surface area contributed by atoms with Crippen LogP contribution >= 0.6 is 0 Å². The predicted molar refractivity (Wildman–Crippen MR) is 86.6 cm³/mol. The first kappa shape index (κ1) is 16.2. The number of hydrogen-bond donors (Lipinski definition) is 1. The van der Waals surface area contributed by atoms with Gasteiger partial charge in [0.05, 0.1) is 13.2 Å². The summed E-state index contributed by atoms with van der Waals surface area (Å²) in [6, 6.07) is 0.535. The SMILES string of the molecule is NCC1(CC(=O)N2CCC(N3CCOCC3)C2)CCCCC1. The summed E-state index contributed by atoms with van der Waals surface area (Å²) in [6.45, 7) is 6.18. The molecule has 1 amide bonds. The van der Waals surface area contributed by atoms with Crippen molar-refractivity contribution in [1.29, 1.82) is 0 Å². The first-order chi connectivity index (χ1) is 10.7. The molecule has 2 heterocycles. The highest BCUT2D eigenvalue weighted by atomic mass is 16.5. The Morgan fingerprint density at radius 1 is 1.14 bits per heavy atom. The molecule has 1 unspecified atom stereocenters. The van der Waals surface area contributed by atoms with Crippen LogP contribution in [0.3, 0.4) is 0 Å².